The van der Waals surface area contributed by atoms with Crippen molar-refractivity contribution in [2.24, 2.45) is 10.4 Å². The van der Waals surface area contributed by atoms with Crippen LogP contribution in [0.5, 0.6) is 0 Å². The van der Waals surface area contributed by atoms with E-state index in [-0.39, 0.29) is 41.9 Å². The summed E-state index contributed by atoms with van der Waals surface area (Å²) in [6.45, 7) is 5.53. The largest absolute Gasteiger partial charge is 0.396 e. The molecule has 0 radical (unpaired) electrons. The van der Waals surface area contributed by atoms with Gasteiger partial charge in [0.25, 0.3) is 5.91 Å². The summed E-state index contributed by atoms with van der Waals surface area (Å²) in [5.74, 6) is 0.647. The van der Waals surface area contributed by atoms with Gasteiger partial charge in [-0.3, -0.25) is 9.79 Å². The number of hydrogen-bond donors (Lipinski definition) is 4. The molecule has 1 heterocycles. The van der Waals surface area contributed by atoms with Crippen molar-refractivity contribution >= 4 is 35.8 Å². The summed E-state index contributed by atoms with van der Waals surface area (Å²) in [5.41, 5.74) is 1.64. The van der Waals surface area contributed by atoms with Crippen LogP contribution in [0.2, 0.25) is 0 Å². The van der Waals surface area contributed by atoms with Gasteiger partial charge in [0.05, 0.1) is 6.61 Å². The summed E-state index contributed by atoms with van der Waals surface area (Å²) in [5, 5.41) is 18.8. The lowest BCUT2D eigenvalue weighted by Gasteiger charge is -2.27. The molecule has 1 atom stereocenters. The Kier molecular flexibility index (Phi) is 11.4. The monoisotopic (exact) mass is 504 g/mol. The van der Waals surface area contributed by atoms with Gasteiger partial charge in [0.1, 0.15) is 0 Å². The molecule has 7 nitrogen and oxygen atoms in total. The summed E-state index contributed by atoms with van der Waals surface area (Å²) in [6.07, 6.45) is 2.57. The van der Waals surface area contributed by atoms with Crippen molar-refractivity contribution in [3.63, 3.8) is 0 Å². The van der Waals surface area contributed by atoms with E-state index in [2.05, 4.69) is 20.9 Å². The lowest BCUT2D eigenvalue weighted by molar-refractivity contribution is 0.0953. The van der Waals surface area contributed by atoms with E-state index in [1.54, 1.807) is 7.05 Å². The minimum atomic E-state index is -0.0478. The van der Waals surface area contributed by atoms with Crippen molar-refractivity contribution in [3.8, 4) is 0 Å². The standard InChI is InChI=1S/C20H32N4O3.HI/c1-3-9-22-18(26)17-6-4-5-16(12-17)13-23-19(21-2)24-14-20(7-10-25)8-11-27-15-20;/h4-6,12,25H,3,7-11,13-15H2,1-2H3,(H,22,26)(H2,21,23,24);1H. The molecule has 0 bridgehead atoms. The van der Waals surface area contributed by atoms with Gasteiger partial charge in [-0.25, -0.2) is 0 Å². The highest BCUT2D eigenvalue weighted by Gasteiger charge is 2.34. The Hall–Kier alpha value is -1.39. The molecule has 0 aliphatic carbocycles. The van der Waals surface area contributed by atoms with Crippen LogP contribution in [-0.4, -0.2) is 56.9 Å². The molecule has 0 saturated carbocycles. The number of rotatable bonds is 9. The number of ether oxygens (including phenoxy) is 1. The molecule has 158 valence electrons. The highest BCUT2D eigenvalue weighted by molar-refractivity contribution is 14.0. The molecule has 2 rings (SSSR count). The zero-order chi connectivity index (χ0) is 19.5. The van der Waals surface area contributed by atoms with Crippen molar-refractivity contribution in [3.05, 3.63) is 35.4 Å². The Morgan fingerprint density at radius 3 is 2.79 bits per heavy atom. The van der Waals surface area contributed by atoms with E-state index >= 15 is 0 Å². The maximum Gasteiger partial charge on any atom is 0.251 e. The molecule has 1 saturated heterocycles. The minimum absolute atomic E-state index is 0. The minimum Gasteiger partial charge on any atom is -0.396 e. The van der Waals surface area contributed by atoms with Gasteiger partial charge in [-0.1, -0.05) is 19.1 Å². The number of nitrogens with zero attached hydrogens (tertiary/aromatic N) is 1. The van der Waals surface area contributed by atoms with E-state index in [1.807, 2.05) is 31.2 Å². The number of nitrogens with one attached hydrogen (secondary N) is 3. The molecule has 1 unspecified atom stereocenters. The lowest BCUT2D eigenvalue weighted by atomic mass is 9.84. The third-order valence-corrected chi connectivity index (χ3v) is 4.87. The summed E-state index contributed by atoms with van der Waals surface area (Å²) in [7, 11) is 1.73. The van der Waals surface area contributed by atoms with Crippen LogP contribution in [0.1, 0.15) is 42.1 Å². The quantitative estimate of drug-likeness (QED) is 0.234. The number of benzene rings is 1. The molecule has 8 heteroatoms. The number of aliphatic hydroxyl groups is 1. The Bertz CT molecular complexity index is 634. The lowest BCUT2D eigenvalue weighted by Crippen LogP contribution is -2.44. The van der Waals surface area contributed by atoms with E-state index in [4.69, 9.17) is 4.74 Å². The Labute approximate surface area is 184 Å². The molecule has 1 fully saturated rings. The maximum absolute atomic E-state index is 12.1. The predicted octanol–water partition coefficient (Wildman–Crippen LogP) is 1.90. The molecule has 1 aliphatic rings. The Morgan fingerprint density at radius 2 is 2.14 bits per heavy atom. The number of amides is 1. The number of guanidine groups is 1. The van der Waals surface area contributed by atoms with E-state index in [1.165, 1.54) is 0 Å². The predicted molar refractivity (Wildman–Crippen MR) is 122 cm³/mol. The summed E-state index contributed by atoms with van der Waals surface area (Å²) >= 11 is 0. The third-order valence-electron chi connectivity index (χ3n) is 4.87. The average molecular weight is 504 g/mol. The van der Waals surface area contributed by atoms with Gasteiger partial charge in [-0.05, 0) is 37.0 Å². The van der Waals surface area contributed by atoms with Gasteiger partial charge >= 0.3 is 0 Å². The summed E-state index contributed by atoms with van der Waals surface area (Å²) < 4.78 is 5.52. The van der Waals surface area contributed by atoms with Gasteiger partial charge < -0.3 is 25.8 Å². The molecule has 1 aliphatic heterocycles. The van der Waals surface area contributed by atoms with Crippen LogP contribution in [0.15, 0.2) is 29.3 Å². The SMILES string of the molecule is CCCNC(=O)c1cccc(CNC(=NC)NCC2(CCO)CCOC2)c1.I. The molecule has 4 N–H and O–H groups in total. The van der Waals surface area contributed by atoms with Crippen molar-refractivity contribution in [2.75, 3.05) is 40.0 Å². The van der Waals surface area contributed by atoms with Crippen molar-refractivity contribution in [1.29, 1.82) is 0 Å². The second-order valence-corrected chi connectivity index (χ2v) is 7.01. The summed E-state index contributed by atoms with van der Waals surface area (Å²) in [4.78, 5) is 16.4. The van der Waals surface area contributed by atoms with Crippen LogP contribution in [0.4, 0.5) is 0 Å². The van der Waals surface area contributed by atoms with Crippen molar-refractivity contribution < 1.29 is 14.6 Å². The molecule has 0 spiro atoms. The first-order valence-corrected chi connectivity index (χ1v) is 9.63. The average Bonchev–Trinajstić information content (AvgIpc) is 3.15. The number of hydrogen-bond acceptors (Lipinski definition) is 4. The van der Waals surface area contributed by atoms with Crippen molar-refractivity contribution in [1.82, 2.24) is 16.0 Å². The molecular formula is C20H33IN4O3. The number of carbonyl (C=O) groups is 1. The third kappa shape index (κ3) is 7.56. The number of aliphatic imine (C=N–C) groups is 1. The molecular weight excluding hydrogens is 471 g/mol. The highest BCUT2D eigenvalue weighted by Crippen LogP contribution is 2.31. The van der Waals surface area contributed by atoms with Gasteiger partial charge in [0, 0.05) is 50.9 Å². The number of halogens is 1. The zero-order valence-corrected chi connectivity index (χ0v) is 19.1. The van der Waals surface area contributed by atoms with Gasteiger partial charge in [0.15, 0.2) is 5.96 Å². The first-order chi connectivity index (χ1) is 13.1. The highest BCUT2D eigenvalue weighted by atomic mass is 127. The molecule has 28 heavy (non-hydrogen) atoms. The van der Waals surface area contributed by atoms with Crippen LogP contribution >= 0.6 is 24.0 Å². The van der Waals surface area contributed by atoms with E-state index in [0.717, 1.165) is 25.0 Å². The van der Waals surface area contributed by atoms with Gasteiger partial charge in [-0.2, -0.15) is 0 Å². The smallest absolute Gasteiger partial charge is 0.251 e. The fourth-order valence-corrected chi connectivity index (χ4v) is 3.15. The normalized spacial score (nSPS) is 19.0. The van der Waals surface area contributed by atoms with Crippen molar-refractivity contribution in [2.45, 2.75) is 32.7 Å². The van der Waals surface area contributed by atoms with E-state index in [9.17, 15) is 9.90 Å². The Balaban J connectivity index is 0.00000392. The topological polar surface area (TPSA) is 95.0 Å². The van der Waals surface area contributed by atoms with Crippen LogP contribution in [-0.2, 0) is 11.3 Å². The second-order valence-electron chi connectivity index (χ2n) is 7.01. The Morgan fingerprint density at radius 1 is 1.32 bits per heavy atom. The fourth-order valence-electron chi connectivity index (χ4n) is 3.15. The number of carbonyl (C=O) groups excluding carboxylic acids is 1. The molecule has 1 aromatic carbocycles. The van der Waals surface area contributed by atoms with E-state index in [0.29, 0.717) is 44.2 Å². The zero-order valence-electron chi connectivity index (χ0n) is 16.8. The molecule has 1 aromatic rings. The van der Waals surface area contributed by atoms with Gasteiger partial charge in [0.2, 0.25) is 0 Å². The van der Waals surface area contributed by atoms with Crippen LogP contribution in [0.3, 0.4) is 0 Å². The van der Waals surface area contributed by atoms with Crippen LogP contribution < -0.4 is 16.0 Å². The molecule has 1 amide bonds. The number of aliphatic hydroxyl groups excluding tert-OH is 1. The van der Waals surface area contributed by atoms with Gasteiger partial charge in [-0.15, -0.1) is 24.0 Å². The molecule has 0 aromatic heterocycles. The first kappa shape index (κ1) is 24.6. The first-order valence-electron chi connectivity index (χ1n) is 9.63. The van der Waals surface area contributed by atoms with E-state index < -0.39 is 0 Å². The summed E-state index contributed by atoms with van der Waals surface area (Å²) in [6, 6.07) is 7.58. The van der Waals surface area contributed by atoms with Crippen LogP contribution in [0.25, 0.3) is 0 Å². The fraction of sp³-hybridized carbons (Fsp3) is 0.600. The van der Waals surface area contributed by atoms with Crippen LogP contribution in [0, 0.1) is 5.41 Å². The second kappa shape index (κ2) is 12.9. The maximum atomic E-state index is 12.1.